The lowest BCUT2D eigenvalue weighted by Crippen LogP contribution is -2.66. The summed E-state index contributed by atoms with van der Waals surface area (Å²) in [5.41, 5.74) is 1.70. The minimum atomic E-state index is -0.595. The van der Waals surface area contributed by atoms with Crippen LogP contribution in [-0.2, 0) is 5.41 Å². The van der Waals surface area contributed by atoms with Gasteiger partial charge >= 0.3 is 0 Å². The van der Waals surface area contributed by atoms with Crippen LogP contribution in [0.3, 0.4) is 0 Å². The number of nitrogens with zero attached hydrogens (tertiary/aromatic N) is 2. The lowest BCUT2D eigenvalue weighted by Gasteiger charge is -2.60. The molecule has 3 saturated heterocycles. The van der Waals surface area contributed by atoms with Crippen molar-refractivity contribution in [1.82, 2.24) is 0 Å². The maximum atomic E-state index is 10.8. The fraction of sp³-hybridized carbons (Fsp3) is 0.367. The molecule has 3 aromatic carbocycles. The van der Waals surface area contributed by atoms with Crippen molar-refractivity contribution in [2.24, 2.45) is 5.41 Å². The topological polar surface area (TPSA) is 33.0 Å². The van der Waals surface area contributed by atoms with E-state index in [9.17, 15) is 5.26 Å². The van der Waals surface area contributed by atoms with E-state index in [0.717, 1.165) is 68.8 Å². The summed E-state index contributed by atoms with van der Waals surface area (Å²) in [5.74, 6) is 0.957. The van der Waals surface area contributed by atoms with Crippen LogP contribution in [0.15, 0.2) is 91.0 Å². The molecule has 0 aromatic heterocycles. The number of hydrogen-bond acceptors (Lipinski definition) is 2. The van der Waals surface area contributed by atoms with Crippen LogP contribution in [-0.4, -0.2) is 37.3 Å². The van der Waals surface area contributed by atoms with Crippen molar-refractivity contribution in [3.8, 4) is 11.8 Å². The van der Waals surface area contributed by atoms with Gasteiger partial charge < -0.3 is 9.22 Å². The molecule has 3 aliphatic heterocycles. The van der Waals surface area contributed by atoms with Crippen LogP contribution in [0, 0.1) is 16.7 Å². The molecule has 3 aromatic rings. The van der Waals surface area contributed by atoms with Gasteiger partial charge in [0.25, 0.3) is 0 Å². The average Bonchev–Trinajstić information content (AvgIpc) is 2.90. The van der Waals surface area contributed by atoms with Gasteiger partial charge in [-0.15, -0.1) is 0 Å². The Balaban J connectivity index is 1.35. The van der Waals surface area contributed by atoms with Crippen molar-refractivity contribution in [2.75, 3.05) is 32.8 Å². The molecule has 0 atom stereocenters. The van der Waals surface area contributed by atoms with Crippen LogP contribution in [0.25, 0.3) is 0 Å². The van der Waals surface area contributed by atoms with Gasteiger partial charge in [0.05, 0.1) is 38.9 Å². The number of para-hydroxylation sites is 1. The van der Waals surface area contributed by atoms with E-state index >= 15 is 0 Å². The summed E-state index contributed by atoms with van der Waals surface area (Å²) in [7, 11) is 0. The average molecular weight is 438 g/mol. The highest BCUT2D eigenvalue weighted by Gasteiger charge is 2.61. The third-order valence-corrected chi connectivity index (χ3v) is 8.36. The largest absolute Gasteiger partial charge is 0.493 e. The fourth-order valence-electron chi connectivity index (χ4n) is 6.47. The predicted molar refractivity (Wildman–Crippen MR) is 132 cm³/mol. The van der Waals surface area contributed by atoms with E-state index in [-0.39, 0.29) is 5.41 Å². The molecule has 3 nitrogen and oxygen atoms in total. The SMILES string of the molecule is N#CC(c1ccccc1)(c1ccccc1)C12CC[N+](CCCOc3ccccc3)(CC1)CC2. The number of fused-ring (bicyclic) bond motifs is 3. The van der Waals surface area contributed by atoms with Crippen molar-refractivity contribution in [3.63, 3.8) is 0 Å². The highest BCUT2D eigenvalue weighted by atomic mass is 16.5. The maximum Gasteiger partial charge on any atom is 0.119 e. The summed E-state index contributed by atoms with van der Waals surface area (Å²) in [4.78, 5) is 0. The summed E-state index contributed by atoms with van der Waals surface area (Å²) in [6.07, 6.45) is 4.38. The molecule has 6 rings (SSSR count). The molecule has 0 aliphatic carbocycles. The first-order valence-electron chi connectivity index (χ1n) is 12.3. The molecule has 3 heteroatoms. The first-order chi connectivity index (χ1) is 16.2. The van der Waals surface area contributed by atoms with Gasteiger partial charge in [0.1, 0.15) is 11.2 Å². The highest BCUT2D eigenvalue weighted by molar-refractivity contribution is 5.49. The van der Waals surface area contributed by atoms with Gasteiger partial charge in [-0.05, 0) is 23.3 Å². The van der Waals surface area contributed by atoms with Gasteiger partial charge in [0, 0.05) is 31.1 Å². The van der Waals surface area contributed by atoms with Crippen molar-refractivity contribution < 1.29 is 9.22 Å². The Morgan fingerprint density at radius 1 is 0.758 bits per heavy atom. The van der Waals surface area contributed by atoms with Crippen LogP contribution < -0.4 is 4.74 Å². The molecule has 0 amide bonds. The number of ether oxygens (including phenoxy) is 1. The van der Waals surface area contributed by atoms with Crippen molar-refractivity contribution in [1.29, 1.82) is 5.26 Å². The number of piperidine rings is 3. The first-order valence-corrected chi connectivity index (χ1v) is 12.3. The minimum Gasteiger partial charge on any atom is -0.493 e. The zero-order valence-electron chi connectivity index (χ0n) is 19.3. The maximum absolute atomic E-state index is 10.8. The lowest BCUT2D eigenvalue weighted by atomic mass is 9.50. The number of nitriles is 1. The molecule has 33 heavy (non-hydrogen) atoms. The Hall–Kier alpha value is -3.09. The molecule has 0 saturated carbocycles. The molecule has 3 heterocycles. The van der Waals surface area contributed by atoms with Crippen molar-refractivity contribution >= 4 is 0 Å². The number of benzene rings is 3. The normalized spacial score (nSPS) is 24.2. The van der Waals surface area contributed by atoms with Crippen LogP contribution in [0.4, 0.5) is 0 Å². The summed E-state index contributed by atoms with van der Waals surface area (Å²) in [6.45, 7) is 5.42. The molecule has 2 bridgehead atoms. The second-order valence-corrected chi connectivity index (χ2v) is 9.88. The number of quaternary nitrogens is 1. The van der Waals surface area contributed by atoms with E-state index in [4.69, 9.17) is 4.74 Å². The quantitative estimate of drug-likeness (QED) is 0.321. The van der Waals surface area contributed by atoms with Crippen molar-refractivity contribution in [2.45, 2.75) is 31.1 Å². The van der Waals surface area contributed by atoms with Crippen LogP contribution in [0.5, 0.6) is 5.75 Å². The molecule has 0 radical (unpaired) electrons. The standard InChI is InChI=1S/C30H33N2O/c31-25-30(26-11-4-1-5-12-26,27-13-6-2-7-14-27)29-17-21-32(22-18-29,23-19-29)20-10-24-33-28-15-8-3-9-16-28/h1-9,11-16H,10,17-24H2/q+1. The smallest absolute Gasteiger partial charge is 0.119 e. The van der Waals surface area contributed by atoms with Crippen molar-refractivity contribution in [3.05, 3.63) is 102 Å². The molecule has 3 fully saturated rings. The highest BCUT2D eigenvalue weighted by Crippen LogP contribution is 2.58. The van der Waals surface area contributed by atoms with Crippen LogP contribution >= 0.6 is 0 Å². The fourth-order valence-corrected chi connectivity index (χ4v) is 6.47. The van der Waals surface area contributed by atoms with Gasteiger partial charge in [0.2, 0.25) is 0 Å². The van der Waals surface area contributed by atoms with E-state index in [1.54, 1.807) is 0 Å². The molecule has 168 valence electrons. The monoisotopic (exact) mass is 437 g/mol. The molecular formula is C30H33N2O+. The Kier molecular flexibility index (Phi) is 5.96. The second kappa shape index (κ2) is 9.04. The van der Waals surface area contributed by atoms with E-state index in [2.05, 4.69) is 66.7 Å². The predicted octanol–water partition coefficient (Wildman–Crippen LogP) is 5.97. The molecular weight excluding hydrogens is 404 g/mol. The van der Waals surface area contributed by atoms with Crippen LogP contribution in [0.1, 0.15) is 36.8 Å². The van der Waals surface area contributed by atoms with Gasteiger partial charge in [-0.2, -0.15) is 5.26 Å². The molecule has 0 unspecified atom stereocenters. The first kappa shape index (κ1) is 21.7. The molecule has 0 N–H and O–H groups in total. The Bertz CT molecular complexity index is 1020. The number of hydrogen-bond donors (Lipinski definition) is 0. The third-order valence-electron chi connectivity index (χ3n) is 8.36. The zero-order valence-corrected chi connectivity index (χ0v) is 19.3. The van der Waals surface area contributed by atoms with Crippen LogP contribution in [0.2, 0.25) is 0 Å². The molecule has 0 spiro atoms. The second-order valence-electron chi connectivity index (χ2n) is 9.88. The van der Waals surface area contributed by atoms with E-state index in [0.29, 0.717) is 0 Å². The lowest BCUT2D eigenvalue weighted by molar-refractivity contribution is -0.946. The van der Waals surface area contributed by atoms with Gasteiger partial charge in [0.15, 0.2) is 0 Å². The minimum absolute atomic E-state index is 0.00893. The Morgan fingerprint density at radius 2 is 1.24 bits per heavy atom. The zero-order chi connectivity index (χ0) is 22.6. The summed E-state index contributed by atoms with van der Waals surface area (Å²) < 4.78 is 7.14. The third kappa shape index (κ3) is 3.83. The Morgan fingerprint density at radius 3 is 1.73 bits per heavy atom. The summed E-state index contributed by atoms with van der Waals surface area (Å²) >= 11 is 0. The summed E-state index contributed by atoms with van der Waals surface area (Å²) in [6, 6.07) is 34.1. The van der Waals surface area contributed by atoms with Gasteiger partial charge in [-0.1, -0.05) is 78.9 Å². The summed E-state index contributed by atoms with van der Waals surface area (Å²) in [5, 5.41) is 10.8. The molecule has 3 aliphatic rings. The Labute approximate surface area is 197 Å². The number of rotatable bonds is 8. The van der Waals surface area contributed by atoms with Gasteiger partial charge in [-0.25, -0.2) is 0 Å². The van der Waals surface area contributed by atoms with E-state index in [1.165, 1.54) is 11.0 Å². The van der Waals surface area contributed by atoms with E-state index < -0.39 is 5.41 Å². The van der Waals surface area contributed by atoms with E-state index in [1.807, 2.05) is 30.3 Å². The van der Waals surface area contributed by atoms with Gasteiger partial charge in [-0.3, -0.25) is 0 Å².